The van der Waals surface area contributed by atoms with Gasteiger partial charge >= 0.3 is 0 Å². The summed E-state index contributed by atoms with van der Waals surface area (Å²) in [4.78, 5) is 9.25. The van der Waals surface area contributed by atoms with E-state index in [1.807, 2.05) is 24.3 Å². The molecule has 176 valence electrons. The number of hydrogen-bond donors (Lipinski definition) is 2. The van der Waals surface area contributed by atoms with Crippen molar-refractivity contribution in [2.45, 2.75) is 30.7 Å². The maximum atomic E-state index is 12.5. The van der Waals surface area contributed by atoms with Gasteiger partial charge in [0.25, 0.3) is 0 Å². The van der Waals surface area contributed by atoms with Crippen LogP contribution in [0.2, 0.25) is 8.67 Å². The predicted octanol–water partition coefficient (Wildman–Crippen LogP) is 4.48. The number of pyridine rings is 1. The molecule has 0 aliphatic carbocycles. The first-order valence-electron chi connectivity index (χ1n) is 10.3. The first-order valence-corrected chi connectivity index (χ1v) is 13.3. The molecule has 0 spiro atoms. The van der Waals surface area contributed by atoms with Gasteiger partial charge in [0.05, 0.1) is 22.0 Å². The van der Waals surface area contributed by atoms with Crippen LogP contribution in [-0.2, 0) is 27.7 Å². The average Bonchev–Trinajstić information content (AvgIpc) is 3.32. The van der Waals surface area contributed by atoms with Gasteiger partial charge < -0.3 is 15.0 Å². The number of imidazole rings is 1. The van der Waals surface area contributed by atoms with E-state index in [9.17, 15) is 8.42 Å². The largest absolute Gasteiger partial charge is 0.384 e. The lowest BCUT2D eigenvalue weighted by Crippen LogP contribution is -2.24. The van der Waals surface area contributed by atoms with Gasteiger partial charge in [-0.2, -0.15) is 0 Å². The molecule has 0 amide bonds. The lowest BCUT2D eigenvalue weighted by molar-refractivity contribution is 0.199. The number of ether oxygens (including phenoxy) is 1. The van der Waals surface area contributed by atoms with Gasteiger partial charge in [-0.15, -0.1) is 11.3 Å². The molecule has 0 unspecified atom stereocenters. The summed E-state index contributed by atoms with van der Waals surface area (Å²) in [6, 6.07) is 9.18. The van der Waals surface area contributed by atoms with Crippen molar-refractivity contribution in [1.82, 2.24) is 19.3 Å². The summed E-state index contributed by atoms with van der Waals surface area (Å²) in [7, 11) is -2.06. The Labute approximate surface area is 205 Å². The molecular weight excluding hydrogens is 505 g/mol. The van der Waals surface area contributed by atoms with Gasteiger partial charge in [-0.3, -0.25) is 0 Å². The molecule has 0 aliphatic rings. The van der Waals surface area contributed by atoms with Crippen LogP contribution in [0.3, 0.4) is 0 Å². The molecule has 0 aliphatic heterocycles. The van der Waals surface area contributed by atoms with Crippen molar-refractivity contribution in [3.05, 3.63) is 44.8 Å². The summed E-state index contributed by atoms with van der Waals surface area (Å²) in [5, 5.41) is 0.975. The molecule has 0 radical (unpaired) electrons. The minimum absolute atomic E-state index is 0.0102. The van der Waals surface area contributed by atoms with Gasteiger partial charge in [-0.25, -0.2) is 23.1 Å². The highest BCUT2D eigenvalue weighted by Gasteiger charge is 2.21. The van der Waals surface area contributed by atoms with E-state index in [1.165, 1.54) is 6.07 Å². The standard InChI is InChI=1S/C21H23Cl2N5O3S2/c1-31-11-8-17-27-18-19(13-6-2-3-7-14(13)26-21(18)24)28(17)10-5-4-9-25-33(29,30)15-12-16(22)32-20(15)23/h2-3,6-7,12,25H,4-5,8-11H2,1H3,(H2,24,26). The fraction of sp³-hybridized carbons (Fsp3) is 0.333. The molecule has 8 nitrogen and oxygen atoms in total. The predicted molar refractivity (Wildman–Crippen MR) is 134 cm³/mol. The van der Waals surface area contributed by atoms with Gasteiger partial charge in [0, 0.05) is 32.0 Å². The Kier molecular flexibility index (Phi) is 7.42. The number of unbranched alkanes of at least 4 members (excludes halogenated alkanes) is 1. The fourth-order valence-corrected chi connectivity index (χ4v) is 6.94. The van der Waals surface area contributed by atoms with Crippen molar-refractivity contribution in [3.8, 4) is 0 Å². The van der Waals surface area contributed by atoms with Crippen molar-refractivity contribution in [2.75, 3.05) is 26.0 Å². The Morgan fingerprint density at radius 3 is 2.73 bits per heavy atom. The smallest absolute Gasteiger partial charge is 0.242 e. The van der Waals surface area contributed by atoms with E-state index in [0.717, 1.165) is 40.0 Å². The summed E-state index contributed by atoms with van der Waals surface area (Å²) < 4.78 is 35.5. The average molecular weight is 528 g/mol. The molecular formula is C21H23Cl2N5O3S2. The van der Waals surface area contributed by atoms with Crippen LogP contribution in [-0.4, -0.2) is 43.2 Å². The van der Waals surface area contributed by atoms with Crippen LogP contribution >= 0.6 is 34.5 Å². The monoisotopic (exact) mass is 527 g/mol. The van der Waals surface area contributed by atoms with E-state index < -0.39 is 10.0 Å². The Balaban J connectivity index is 1.52. The molecule has 12 heteroatoms. The number of halogens is 2. The number of nitrogens with one attached hydrogen (secondary N) is 1. The Hall–Kier alpha value is -1.95. The van der Waals surface area contributed by atoms with Crippen molar-refractivity contribution in [3.63, 3.8) is 0 Å². The first kappa shape index (κ1) is 24.2. The molecule has 0 atom stereocenters. The molecule has 0 saturated heterocycles. The minimum atomic E-state index is -3.71. The zero-order valence-corrected chi connectivity index (χ0v) is 21.0. The number of sulfonamides is 1. The third-order valence-electron chi connectivity index (χ3n) is 5.23. The molecule has 0 bridgehead atoms. The molecule has 3 N–H and O–H groups in total. The number of para-hydroxylation sites is 1. The highest BCUT2D eigenvalue weighted by molar-refractivity contribution is 7.89. The van der Waals surface area contributed by atoms with Crippen LogP contribution in [0, 0.1) is 0 Å². The second-order valence-electron chi connectivity index (χ2n) is 7.43. The lowest BCUT2D eigenvalue weighted by atomic mass is 10.2. The number of nitrogens with zero attached hydrogens (tertiary/aromatic N) is 3. The highest BCUT2D eigenvalue weighted by atomic mass is 35.5. The van der Waals surface area contributed by atoms with Crippen LogP contribution < -0.4 is 10.5 Å². The second-order valence-corrected chi connectivity index (χ2v) is 11.4. The van der Waals surface area contributed by atoms with E-state index in [2.05, 4.69) is 14.3 Å². The lowest BCUT2D eigenvalue weighted by Gasteiger charge is -2.11. The fourth-order valence-electron chi connectivity index (χ4n) is 3.72. The van der Waals surface area contributed by atoms with E-state index in [0.29, 0.717) is 41.7 Å². The molecule has 0 fully saturated rings. The molecule has 0 saturated carbocycles. The van der Waals surface area contributed by atoms with Crippen molar-refractivity contribution in [1.29, 1.82) is 0 Å². The second kappa shape index (κ2) is 10.1. The maximum absolute atomic E-state index is 12.5. The van der Waals surface area contributed by atoms with Crippen LogP contribution in [0.15, 0.2) is 35.2 Å². The summed E-state index contributed by atoms with van der Waals surface area (Å²) in [6.45, 7) is 1.45. The van der Waals surface area contributed by atoms with Crippen LogP contribution in [0.1, 0.15) is 18.7 Å². The van der Waals surface area contributed by atoms with Crippen LogP contribution in [0.4, 0.5) is 5.82 Å². The number of anilines is 1. The third-order valence-corrected chi connectivity index (χ3v) is 8.45. The number of hydrogen-bond acceptors (Lipinski definition) is 7. The van der Waals surface area contributed by atoms with Gasteiger partial charge in [0.2, 0.25) is 10.0 Å². The topological polar surface area (TPSA) is 112 Å². The highest BCUT2D eigenvalue weighted by Crippen LogP contribution is 2.34. The van der Waals surface area contributed by atoms with Gasteiger partial charge in [0.1, 0.15) is 20.6 Å². The number of aryl methyl sites for hydroxylation is 1. The number of benzene rings is 1. The summed E-state index contributed by atoms with van der Waals surface area (Å²) >= 11 is 12.9. The molecule has 3 heterocycles. The van der Waals surface area contributed by atoms with Gasteiger partial charge in [-0.1, -0.05) is 41.4 Å². The van der Waals surface area contributed by atoms with Crippen LogP contribution in [0.5, 0.6) is 0 Å². The van der Waals surface area contributed by atoms with E-state index >= 15 is 0 Å². The number of rotatable bonds is 10. The van der Waals surface area contributed by atoms with Crippen LogP contribution in [0.25, 0.3) is 21.9 Å². The summed E-state index contributed by atoms with van der Waals surface area (Å²) in [5.74, 6) is 1.25. The molecule has 1 aromatic carbocycles. The maximum Gasteiger partial charge on any atom is 0.242 e. The number of aromatic nitrogens is 3. The number of methoxy groups -OCH3 is 1. The molecule has 4 rings (SSSR count). The zero-order chi connectivity index (χ0) is 23.6. The number of nitrogens with two attached hydrogens (primary N) is 1. The Bertz CT molecular complexity index is 1400. The normalized spacial score (nSPS) is 12.2. The van der Waals surface area contributed by atoms with Crippen molar-refractivity contribution >= 4 is 72.3 Å². The molecule has 33 heavy (non-hydrogen) atoms. The van der Waals surface area contributed by atoms with E-state index in [1.54, 1.807) is 7.11 Å². The Morgan fingerprint density at radius 2 is 2.00 bits per heavy atom. The third kappa shape index (κ3) is 5.11. The zero-order valence-electron chi connectivity index (χ0n) is 17.8. The van der Waals surface area contributed by atoms with Crippen molar-refractivity contribution < 1.29 is 13.2 Å². The number of fused-ring (bicyclic) bond motifs is 3. The van der Waals surface area contributed by atoms with E-state index in [4.69, 9.17) is 38.7 Å². The SMILES string of the molecule is COCCc1nc2c(N)nc3ccccc3c2n1CCCCNS(=O)(=O)c1cc(Cl)sc1Cl. The quantitative estimate of drug-likeness (QED) is 0.294. The Morgan fingerprint density at radius 1 is 1.21 bits per heavy atom. The summed E-state index contributed by atoms with van der Waals surface area (Å²) in [6.07, 6.45) is 1.97. The number of thiophene rings is 1. The molecule has 4 aromatic rings. The van der Waals surface area contributed by atoms with Gasteiger partial charge in [-0.05, 0) is 25.0 Å². The van der Waals surface area contributed by atoms with Gasteiger partial charge in [0.15, 0.2) is 5.82 Å². The molecule has 3 aromatic heterocycles. The number of nitrogen functional groups attached to an aromatic ring is 1. The minimum Gasteiger partial charge on any atom is -0.384 e. The van der Waals surface area contributed by atoms with E-state index in [-0.39, 0.29) is 15.8 Å². The first-order chi connectivity index (χ1) is 15.8. The van der Waals surface area contributed by atoms with Crippen molar-refractivity contribution in [2.24, 2.45) is 0 Å². The summed E-state index contributed by atoms with van der Waals surface area (Å²) in [5.41, 5.74) is 8.62.